The van der Waals surface area contributed by atoms with Crippen LogP contribution in [0, 0.1) is 0 Å². The van der Waals surface area contributed by atoms with Crippen LogP contribution in [0.1, 0.15) is 25.2 Å². The van der Waals surface area contributed by atoms with E-state index in [0.717, 1.165) is 6.42 Å². The predicted octanol–water partition coefficient (Wildman–Crippen LogP) is 3.38. The Morgan fingerprint density at radius 2 is 2.10 bits per heavy atom. The molecule has 1 aliphatic rings. The number of rotatable bonds is 2. The lowest BCUT2D eigenvalue weighted by atomic mass is 10.1. The van der Waals surface area contributed by atoms with Gasteiger partial charge in [-0.3, -0.25) is 4.79 Å². The van der Waals surface area contributed by atoms with E-state index in [1.165, 1.54) is 0 Å². The maximum Gasteiger partial charge on any atom is 0.231 e. The molecule has 0 N–H and O–H groups in total. The molecule has 0 spiro atoms. The largest absolute Gasteiger partial charge is 0.342 e. The van der Waals surface area contributed by atoms with Crippen molar-refractivity contribution >= 4 is 29.1 Å². The number of amides is 1. The molecule has 1 atom stereocenters. The Kier molecular flexibility index (Phi) is 3.87. The second-order valence-corrected chi connectivity index (χ2v) is 5.82. The Labute approximate surface area is 131 Å². The van der Waals surface area contributed by atoms with Crippen molar-refractivity contribution in [2.45, 2.75) is 19.3 Å². The van der Waals surface area contributed by atoms with E-state index < -0.39 is 0 Å². The molecule has 1 saturated heterocycles. The molecule has 7 heteroatoms. The molecule has 0 aliphatic carbocycles. The van der Waals surface area contributed by atoms with E-state index in [2.05, 4.69) is 10.1 Å². The minimum absolute atomic E-state index is 0.0615. The molecule has 0 radical (unpaired) electrons. The van der Waals surface area contributed by atoms with E-state index in [1.54, 1.807) is 30.0 Å². The van der Waals surface area contributed by atoms with Crippen LogP contribution >= 0.6 is 23.2 Å². The van der Waals surface area contributed by atoms with E-state index in [1.807, 2.05) is 0 Å². The first-order valence-corrected chi connectivity index (χ1v) is 7.35. The van der Waals surface area contributed by atoms with E-state index >= 15 is 0 Å². The van der Waals surface area contributed by atoms with E-state index in [4.69, 9.17) is 27.7 Å². The molecule has 1 aromatic carbocycles. The number of carbonyl (C=O) groups excluding carboxylic acids is 1. The number of nitrogens with zero attached hydrogens (tertiary/aromatic N) is 3. The zero-order valence-electron chi connectivity index (χ0n) is 11.3. The van der Waals surface area contributed by atoms with Gasteiger partial charge in [0.25, 0.3) is 0 Å². The number of halogens is 2. The molecule has 3 rings (SSSR count). The lowest BCUT2D eigenvalue weighted by Crippen LogP contribution is -2.25. The topological polar surface area (TPSA) is 59.2 Å². The van der Waals surface area contributed by atoms with Crippen LogP contribution in [0.15, 0.2) is 22.7 Å². The van der Waals surface area contributed by atoms with Gasteiger partial charge >= 0.3 is 0 Å². The lowest BCUT2D eigenvalue weighted by Gasteiger charge is -2.11. The molecule has 1 amide bonds. The Morgan fingerprint density at radius 1 is 1.38 bits per heavy atom. The summed E-state index contributed by atoms with van der Waals surface area (Å²) >= 11 is 12.3. The van der Waals surface area contributed by atoms with Crippen molar-refractivity contribution < 1.29 is 9.32 Å². The van der Waals surface area contributed by atoms with Gasteiger partial charge < -0.3 is 9.42 Å². The smallest absolute Gasteiger partial charge is 0.231 e. The lowest BCUT2D eigenvalue weighted by molar-refractivity contribution is -0.127. The summed E-state index contributed by atoms with van der Waals surface area (Å²) in [6.07, 6.45) is 0.817. The normalized spacial score (nSPS) is 18.2. The molecule has 1 aliphatic heterocycles. The fourth-order valence-corrected chi connectivity index (χ4v) is 3.03. The summed E-state index contributed by atoms with van der Waals surface area (Å²) in [6, 6.07) is 5.22. The molecule has 0 bridgehead atoms. The number of likely N-dealkylation sites (tertiary alicyclic amines) is 1. The molecule has 2 aromatic rings. The van der Waals surface area contributed by atoms with Gasteiger partial charge in [0.1, 0.15) is 0 Å². The van der Waals surface area contributed by atoms with Gasteiger partial charge in [-0.15, -0.1) is 0 Å². The Morgan fingerprint density at radius 3 is 2.71 bits per heavy atom. The maximum atomic E-state index is 11.4. The number of benzene rings is 1. The first-order valence-electron chi connectivity index (χ1n) is 6.59. The number of carbonyl (C=O) groups is 1. The van der Waals surface area contributed by atoms with Gasteiger partial charge in [0.2, 0.25) is 17.6 Å². The van der Waals surface area contributed by atoms with Gasteiger partial charge in [-0.2, -0.15) is 4.98 Å². The third kappa shape index (κ3) is 2.76. The molecule has 21 heavy (non-hydrogen) atoms. The molecule has 1 aromatic heterocycles. The van der Waals surface area contributed by atoms with Crippen LogP contribution in [0.5, 0.6) is 0 Å². The van der Waals surface area contributed by atoms with Crippen LogP contribution < -0.4 is 0 Å². The highest BCUT2D eigenvalue weighted by Gasteiger charge is 2.30. The molecule has 2 heterocycles. The third-order valence-corrected chi connectivity index (χ3v) is 4.24. The molecular formula is C14H13Cl2N3O2. The van der Waals surface area contributed by atoms with Crippen molar-refractivity contribution in [3.63, 3.8) is 0 Å². The highest BCUT2D eigenvalue weighted by molar-refractivity contribution is 6.38. The summed E-state index contributed by atoms with van der Waals surface area (Å²) in [4.78, 5) is 17.5. The second kappa shape index (κ2) is 5.66. The standard InChI is InChI=1S/C14H13Cl2N3O2/c1-8(20)19-6-5-9(7-19)14-17-13(18-21-14)12-10(15)3-2-4-11(12)16/h2-4,9H,5-7H2,1H3/t9-/m1/s1. The van der Waals surface area contributed by atoms with Crippen molar-refractivity contribution in [1.82, 2.24) is 15.0 Å². The minimum Gasteiger partial charge on any atom is -0.342 e. The second-order valence-electron chi connectivity index (χ2n) is 5.00. The van der Waals surface area contributed by atoms with Crippen LogP contribution in [0.3, 0.4) is 0 Å². The maximum absolute atomic E-state index is 11.4. The summed E-state index contributed by atoms with van der Waals surface area (Å²) in [5.74, 6) is 1.02. The molecular weight excluding hydrogens is 313 g/mol. The highest BCUT2D eigenvalue weighted by Crippen LogP contribution is 2.34. The average Bonchev–Trinajstić information content (AvgIpc) is 3.07. The summed E-state index contributed by atoms with van der Waals surface area (Å²) in [5.41, 5.74) is 0.567. The van der Waals surface area contributed by atoms with Crippen molar-refractivity contribution in [1.29, 1.82) is 0 Å². The summed E-state index contributed by atoms with van der Waals surface area (Å²) in [6.45, 7) is 2.88. The highest BCUT2D eigenvalue weighted by atomic mass is 35.5. The van der Waals surface area contributed by atoms with Crippen molar-refractivity contribution in [3.05, 3.63) is 34.1 Å². The van der Waals surface area contributed by atoms with Gasteiger partial charge in [0, 0.05) is 20.0 Å². The molecule has 1 fully saturated rings. The number of hydrogen-bond donors (Lipinski definition) is 0. The summed E-state index contributed by atoms with van der Waals surface area (Å²) in [5, 5.41) is 4.92. The van der Waals surface area contributed by atoms with Crippen LogP contribution in [0.4, 0.5) is 0 Å². The Balaban J connectivity index is 1.86. The number of aromatic nitrogens is 2. The predicted molar refractivity (Wildman–Crippen MR) is 79.4 cm³/mol. The first kappa shape index (κ1) is 14.4. The monoisotopic (exact) mass is 325 g/mol. The molecule has 0 unspecified atom stereocenters. The zero-order valence-corrected chi connectivity index (χ0v) is 12.9. The van der Waals surface area contributed by atoms with Gasteiger partial charge in [0.15, 0.2) is 0 Å². The molecule has 0 saturated carbocycles. The van der Waals surface area contributed by atoms with Crippen LogP contribution in [0.2, 0.25) is 10.0 Å². The van der Waals surface area contributed by atoms with Crippen LogP contribution in [-0.2, 0) is 4.79 Å². The van der Waals surface area contributed by atoms with Crippen molar-refractivity contribution in [2.75, 3.05) is 13.1 Å². The van der Waals surface area contributed by atoms with Gasteiger partial charge in [-0.25, -0.2) is 0 Å². The van der Waals surface area contributed by atoms with Gasteiger partial charge in [-0.05, 0) is 18.6 Å². The van der Waals surface area contributed by atoms with Crippen molar-refractivity contribution in [3.8, 4) is 11.4 Å². The van der Waals surface area contributed by atoms with E-state index in [9.17, 15) is 4.79 Å². The quantitative estimate of drug-likeness (QED) is 0.849. The number of hydrogen-bond acceptors (Lipinski definition) is 4. The van der Waals surface area contributed by atoms with Gasteiger partial charge in [0.05, 0.1) is 21.5 Å². The van der Waals surface area contributed by atoms with Crippen molar-refractivity contribution in [2.24, 2.45) is 0 Å². The molecule has 110 valence electrons. The summed E-state index contributed by atoms with van der Waals surface area (Å²) < 4.78 is 5.32. The fourth-order valence-electron chi connectivity index (χ4n) is 2.46. The zero-order chi connectivity index (χ0) is 15.0. The van der Waals surface area contributed by atoms with Crippen LogP contribution in [0.25, 0.3) is 11.4 Å². The van der Waals surface area contributed by atoms with Crippen LogP contribution in [-0.4, -0.2) is 34.0 Å². The third-order valence-electron chi connectivity index (χ3n) is 3.61. The SMILES string of the molecule is CC(=O)N1CC[C@@H](c2nc(-c3c(Cl)cccc3Cl)no2)C1. The molecule has 5 nitrogen and oxygen atoms in total. The Bertz CT molecular complexity index is 666. The van der Waals surface area contributed by atoms with E-state index in [-0.39, 0.29) is 11.8 Å². The van der Waals surface area contributed by atoms with E-state index in [0.29, 0.717) is 40.4 Å². The van der Waals surface area contributed by atoms with Gasteiger partial charge in [-0.1, -0.05) is 34.4 Å². The first-order chi connectivity index (χ1) is 10.1. The fraction of sp³-hybridized carbons (Fsp3) is 0.357. The Hall–Kier alpha value is -1.59. The average molecular weight is 326 g/mol. The minimum atomic E-state index is 0.0615. The summed E-state index contributed by atoms with van der Waals surface area (Å²) in [7, 11) is 0.